The zero-order chi connectivity index (χ0) is 12.8. The van der Waals surface area contributed by atoms with Crippen molar-refractivity contribution >= 4 is 5.69 Å². The molecule has 0 aliphatic heterocycles. The monoisotopic (exact) mass is 234 g/mol. The summed E-state index contributed by atoms with van der Waals surface area (Å²) in [4.78, 5) is 2.32. The third-order valence-electron chi connectivity index (χ3n) is 3.62. The molecule has 2 unspecified atom stereocenters. The van der Waals surface area contributed by atoms with Gasteiger partial charge in [-0.3, -0.25) is 0 Å². The van der Waals surface area contributed by atoms with Crippen molar-refractivity contribution in [2.24, 2.45) is 5.73 Å². The molecular weight excluding hydrogens is 208 g/mol. The van der Waals surface area contributed by atoms with Gasteiger partial charge in [0.1, 0.15) is 0 Å². The minimum absolute atomic E-state index is 0.285. The van der Waals surface area contributed by atoms with Gasteiger partial charge in [-0.15, -0.1) is 0 Å². The van der Waals surface area contributed by atoms with E-state index in [1.54, 1.807) is 0 Å². The van der Waals surface area contributed by atoms with Crippen LogP contribution in [0.2, 0.25) is 0 Å². The Hall–Kier alpha value is -1.02. The average Bonchev–Trinajstić information content (AvgIpc) is 2.37. The Labute approximate surface area is 106 Å². The van der Waals surface area contributed by atoms with E-state index in [-0.39, 0.29) is 6.04 Å². The van der Waals surface area contributed by atoms with E-state index in [0.717, 1.165) is 12.8 Å². The Balaban J connectivity index is 2.67. The van der Waals surface area contributed by atoms with Gasteiger partial charge in [0.05, 0.1) is 0 Å². The van der Waals surface area contributed by atoms with Gasteiger partial charge in [-0.05, 0) is 43.9 Å². The molecule has 0 radical (unpaired) electrons. The largest absolute Gasteiger partial charge is 0.372 e. The summed E-state index contributed by atoms with van der Waals surface area (Å²) < 4.78 is 0. The molecule has 0 fully saturated rings. The highest BCUT2D eigenvalue weighted by molar-refractivity contribution is 5.47. The molecule has 0 aliphatic carbocycles. The molecule has 96 valence electrons. The van der Waals surface area contributed by atoms with Gasteiger partial charge in [-0.25, -0.2) is 0 Å². The molecular formula is C15H26N2. The molecule has 0 saturated carbocycles. The van der Waals surface area contributed by atoms with Crippen LogP contribution in [0.3, 0.4) is 0 Å². The molecule has 1 aromatic carbocycles. The van der Waals surface area contributed by atoms with Gasteiger partial charge >= 0.3 is 0 Å². The van der Waals surface area contributed by atoms with Gasteiger partial charge in [0.15, 0.2) is 0 Å². The van der Waals surface area contributed by atoms with E-state index in [1.165, 1.54) is 17.7 Å². The molecule has 2 nitrogen and oxygen atoms in total. The Bertz CT molecular complexity index is 318. The van der Waals surface area contributed by atoms with Gasteiger partial charge < -0.3 is 10.6 Å². The van der Waals surface area contributed by atoms with Crippen molar-refractivity contribution in [2.45, 2.75) is 52.1 Å². The molecule has 0 heterocycles. The third-order valence-corrected chi connectivity index (χ3v) is 3.62. The molecule has 1 rings (SSSR count). The summed E-state index contributed by atoms with van der Waals surface area (Å²) in [7, 11) is 2.15. The molecule has 2 N–H and O–H groups in total. The molecule has 0 aromatic heterocycles. The highest BCUT2D eigenvalue weighted by atomic mass is 15.1. The Morgan fingerprint density at radius 2 is 1.71 bits per heavy atom. The van der Waals surface area contributed by atoms with Crippen LogP contribution in [0.4, 0.5) is 5.69 Å². The van der Waals surface area contributed by atoms with Gasteiger partial charge in [-0.2, -0.15) is 0 Å². The quantitative estimate of drug-likeness (QED) is 0.819. The minimum Gasteiger partial charge on any atom is -0.372 e. The van der Waals surface area contributed by atoms with Crippen LogP contribution in [0.25, 0.3) is 0 Å². The van der Waals surface area contributed by atoms with Crippen LogP contribution in [0, 0.1) is 0 Å². The zero-order valence-corrected chi connectivity index (χ0v) is 11.6. The maximum absolute atomic E-state index is 5.96. The fourth-order valence-corrected chi connectivity index (χ4v) is 1.84. The van der Waals surface area contributed by atoms with E-state index in [4.69, 9.17) is 5.73 Å². The van der Waals surface area contributed by atoms with Crippen LogP contribution >= 0.6 is 0 Å². The van der Waals surface area contributed by atoms with Crippen LogP contribution in [0.15, 0.2) is 24.3 Å². The van der Waals surface area contributed by atoms with E-state index < -0.39 is 0 Å². The topological polar surface area (TPSA) is 29.3 Å². The van der Waals surface area contributed by atoms with Gasteiger partial charge in [0, 0.05) is 24.8 Å². The summed E-state index contributed by atoms with van der Waals surface area (Å²) in [5.41, 5.74) is 8.58. The second-order valence-corrected chi connectivity index (χ2v) is 4.91. The molecule has 1 aromatic rings. The van der Waals surface area contributed by atoms with Crippen molar-refractivity contribution in [3.05, 3.63) is 29.8 Å². The first-order valence-corrected chi connectivity index (χ1v) is 6.65. The molecule has 2 atom stereocenters. The smallest absolute Gasteiger partial charge is 0.0366 e. The maximum atomic E-state index is 5.96. The highest BCUT2D eigenvalue weighted by Crippen LogP contribution is 2.18. The van der Waals surface area contributed by atoms with E-state index in [9.17, 15) is 0 Å². The number of nitrogens with zero attached hydrogens (tertiary/aromatic N) is 1. The second-order valence-electron chi connectivity index (χ2n) is 4.91. The highest BCUT2D eigenvalue weighted by Gasteiger charge is 2.08. The normalized spacial score (nSPS) is 14.4. The SMILES string of the molecule is CCC(N)Cc1ccc(N(C)C(C)CC)cc1. The van der Waals surface area contributed by atoms with Crippen molar-refractivity contribution in [2.75, 3.05) is 11.9 Å². The molecule has 0 aliphatic rings. The fraction of sp³-hybridized carbons (Fsp3) is 0.600. The Morgan fingerprint density at radius 1 is 1.12 bits per heavy atom. The van der Waals surface area contributed by atoms with Crippen molar-refractivity contribution in [1.29, 1.82) is 0 Å². The predicted octanol–water partition coefficient (Wildman–Crippen LogP) is 3.20. The minimum atomic E-state index is 0.285. The van der Waals surface area contributed by atoms with E-state index >= 15 is 0 Å². The first kappa shape index (κ1) is 14.0. The standard InChI is InChI=1S/C15H26N2/c1-5-12(3)17(4)15-9-7-13(8-10-15)11-14(16)6-2/h7-10,12,14H,5-6,11,16H2,1-4H3. The zero-order valence-electron chi connectivity index (χ0n) is 11.6. The Kier molecular flexibility index (Phi) is 5.49. The summed E-state index contributed by atoms with van der Waals surface area (Å²) >= 11 is 0. The second kappa shape index (κ2) is 6.65. The molecule has 17 heavy (non-hydrogen) atoms. The van der Waals surface area contributed by atoms with Crippen LogP contribution in [-0.4, -0.2) is 19.1 Å². The van der Waals surface area contributed by atoms with Gasteiger partial charge in [-0.1, -0.05) is 26.0 Å². The molecule has 2 heteroatoms. The van der Waals surface area contributed by atoms with Crippen molar-refractivity contribution in [3.63, 3.8) is 0 Å². The average molecular weight is 234 g/mol. The van der Waals surface area contributed by atoms with Gasteiger partial charge in [0.25, 0.3) is 0 Å². The van der Waals surface area contributed by atoms with Crippen molar-refractivity contribution in [3.8, 4) is 0 Å². The number of hydrogen-bond donors (Lipinski definition) is 1. The lowest BCUT2D eigenvalue weighted by Crippen LogP contribution is -2.27. The van der Waals surface area contributed by atoms with E-state index in [2.05, 4.69) is 57.0 Å². The number of anilines is 1. The number of nitrogens with two attached hydrogens (primary N) is 1. The summed E-state index contributed by atoms with van der Waals surface area (Å²) in [6.45, 7) is 6.60. The lowest BCUT2D eigenvalue weighted by atomic mass is 10.0. The van der Waals surface area contributed by atoms with Crippen LogP contribution in [0.1, 0.15) is 39.2 Å². The molecule has 0 saturated heterocycles. The number of benzene rings is 1. The van der Waals surface area contributed by atoms with E-state index in [0.29, 0.717) is 6.04 Å². The predicted molar refractivity (Wildman–Crippen MR) is 76.6 cm³/mol. The van der Waals surface area contributed by atoms with Crippen LogP contribution in [0.5, 0.6) is 0 Å². The van der Waals surface area contributed by atoms with Gasteiger partial charge in [0.2, 0.25) is 0 Å². The van der Waals surface area contributed by atoms with Crippen molar-refractivity contribution in [1.82, 2.24) is 0 Å². The summed E-state index contributed by atoms with van der Waals surface area (Å²) in [6.07, 6.45) is 3.18. The summed E-state index contributed by atoms with van der Waals surface area (Å²) in [6, 6.07) is 9.66. The molecule has 0 amide bonds. The Morgan fingerprint density at radius 3 is 2.18 bits per heavy atom. The van der Waals surface area contributed by atoms with E-state index in [1.807, 2.05) is 0 Å². The first-order valence-electron chi connectivity index (χ1n) is 6.65. The summed E-state index contributed by atoms with van der Waals surface area (Å²) in [5, 5.41) is 0. The number of hydrogen-bond acceptors (Lipinski definition) is 2. The molecule has 0 spiro atoms. The summed E-state index contributed by atoms with van der Waals surface area (Å²) in [5.74, 6) is 0. The first-order chi connectivity index (χ1) is 8.08. The number of rotatable bonds is 6. The molecule has 0 bridgehead atoms. The van der Waals surface area contributed by atoms with Crippen LogP contribution < -0.4 is 10.6 Å². The maximum Gasteiger partial charge on any atom is 0.0366 e. The lowest BCUT2D eigenvalue weighted by Gasteiger charge is -2.26. The lowest BCUT2D eigenvalue weighted by molar-refractivity contribution is 0.645. The fourth-order valence-electron chi connectivity index (χ4n) is 1.84. The van der Waals surface area contributed by atoms with Crippen LogP contribution in [-0.2, 0) is 6.42 Å². The van der Waals surface area contributed by atoms with Crippen molar-refractivity contribution < 1.29 is 0 Å². The third kappa shape index (κ3) is 4.04.